The molecule has 1 heterocycles. The van der Waals surface area contributed by atoms with Gasteiger partial charge < -0.3 is 21.1 Å². The zero-order valence-corrected chi connectivity index (χ0v) is 11.2. The maximum Gasteiger partial charge on any atom is 0.352 e. The molecule has 6 heteroatoms. The molecule has 0 aliphatic rings. The van der Waals surface area contributed by atoms with Crippen LogP contribution in [-0.2, 0) is 0 Å². The largest absolute Gasteiger partial charge is 0.477 e. The summed E-state index contributed by atoms with van der Waals surface area (Å²) in [6, 6.07) is 6.88. The summed E-state index contributed by atoms with van der Waals surface area (Å²) < 4.78 is 0. The third-order valence-corrected chi connectivity index (χ3v) is 3.09. The minimum absolute atomic E-state index is 0.0219. The van der Waals surface area contributed by atoms with Gasteiger partial charge in [-0.05, 0) is 31.5 Å². The molecule has 0 unspecified atom stereocenters. The number of carbonyl (C=O) groups excluding carboxylic acids is 1. The second-order valence-corrected chi connectivity index (χ2v) is 4.47. The number of aromatic nitrogens is 1. The number of anilines is 2. The number of aromatic carboxylic acids is 1. The lowest BCUT2D eigenvalue weighted by Crippen LogP contribution is -2.15. The van der Waals surface area contributed by atoms with Crippen molar-refractivity contribution >= 4 is 23.3 Å². The van der Waals surface area contributed by atoms with E-state index in [0.29, 0.717) is 28.2 Å². The third kappa shape index (κ3) is 2.35. The lowest BCUT2D eigenvalue weighted by Gasteiger charge is -2.08. The van der Waals surface area contributed by atoms with Crippen LogP contribution in [-0.4, -0.2) is 22.0 Å². The molecular weight excluding hydrogens is 258 g/mol. The van der Waals surface area contributed by atoms with Gasteiger partial charge >= 0.3 is 5.97 Å². The highest BCUT2D eigenvalue weighted by Crippen LogP contribution is 2.22. The number of carboxylic acids is 1. The topological polar surface area (TPSA) is 108 Å². The molecule has 0 saturated carbocycles. The average Bonchev–Trinajstić information content (AvgIpc) is 2.68. The number of hydrogen-bond acceptors (Lipinski definition) is 3. The molecule has 104 valence electrons. The Morgan fingerprint density at radius 1 is 1.25 bits per heavy atom. The summed E-state index contributed by atoms with van der Waals surface area (Å²) in [5, 5.41) is 11.7. The molecule has 1 amide bonds. The molecule has 0 spiro atoms. The van der Waals surface area contributed by atoms with E-state index in [4.69, 9.17) is 10.8 Å². The minimum Gasteiger partial charge on any atom is -0.477 e. The van der Waals surface area contributed by atoms with Crippen molar-refractivity contribution in [3.05, 3.63) is 46.8 Å². The van der Waals surface area contributed by atoms with E-state index < -0.39 is 5.97 Å². The number of aryl methyl sites for hydroxylation is 1. The first-order valence-electron chi connectivity index (χ1n) is 6.00. The number of carbonyl (C=O) groups is 2. The predicted molar refractivity (Wildman–Crippen MR) is 76.0 cm³/mol. The molecular formula is C14H15N3O3. The molecule has 0 bridgehead atoms. The SMILES string of the molecule is Cc1[nH]c(C(=O)O)c(C)c1C(=O)Nc1ccccc1N. The number of para-hydroxylation sites is 2. The van der Waals surface area contributed by atoms with E-state index in [2.05, 4.69) is 10.3 Å². The molecule has 0 radical (unpaired) electrons. The van der Waals surface area contributed by atoms with Gasteiger partial charge in [0.25, 0.3) is 5.91 Å². The molecule has 0 atom stereocenters. The van der Waals surface area contributed by atoms with E-state index >= 15 is 0 Å². The first-order valence-corrected chi connectivity index (χ1v) is 6.00. The van der Waals surface area contributed by atoms with Gasteiger partial charge in [-0.15, -0.1) is 0 Å². The Hall–Kier alpha value is -2.76. The number of benzene rings is 1. The van der Waals surface area contributed by atoms with Gasteiger partial charge in [-0.1, -0.05) is 12.1 Å². The van der Waals surface area contributed by atoms with Crippen LogP contribution in [0.2, 0.25) is 0 Å². The number of amides is 1. The van der Waals surface area contributed by atoms with E-state index in [0.717, 1.165) is 0 Å². The zero-order chi connectivity index (χ0) is 14.9. The molecule has 6 nitrogen and oxygen atoms in total. The second-order valence-electron chi connectivity index (χ2n) is 4.47. The van der Waals surface area contributed by atoms with Crippen molar-refractivity contribution in [2.24, 2.45) is 0 Å². The molecule has 1 aromatic carbocycles. The Labute approximate surface area is 115 Å². The van der Waals surface area contributed by atoms with E-state index in [9.17, 15) is 9.59 Å². The quantitative estimate of drug-likeness (QED) is 0.642. The smallest absolute Gasteiger partial charge is 0.352 e. The van der Waals surface area contributed by atoms with Crippen LogP contribution in [0, 0.1) is 13.8 Å². The highest BCUT2D eigenvalue weighted by Gasteiger charge is 2.21. The number of nitrogens with one attached hydrogen (secondary N) is 2. The minimum atomic E-state index is -1.09. The van der Waals surface area contributed by atoms with Crippen LogP contribution in [0.25, 0.3) is 0 Å². The highest BCUT2D eigenvalue weighted by molar-refractivity contribution is 6.09. The lowest BCUT2D eigenvalue weighted by molar-refractivity contribution is 0.0690. The molecule has 0 saturated heterocycles. The average molecular weight is 273 g/mol. The summed E-state index contributed by atoms with van der Waals surface area (Å²) in [7, 11) is 0. The van der Waals surface area contributed by atoms with Crippen molar-refractivity contribution in [1.29, 1.82) is 0 Å². The van der Waals surface area contributed by atoms with E-state index in [1.165, 1.54) is 0 Å². The zero-order valence-electron chi connectivity index (χ0n) is 11.2. The van der Waals surface area contributed by atoms with Crippen molar-refractivity contribution < 1.29 is 14.7 Å². The summed E-state index contributed by atoms with van der Waals surface area (Å²) >= 11 is 0. The Morgan fingerprint density at radius 3 is 2.45 bits per heavy atom. The highest BCUT2D eigenvalue weighted by atomic mass is 16.4. The molecule has 0 aliphatic heterocycles. The van der Waals surface area contributed by atoms with Crippen molar-refractivity contribution in [3.8, 4) is 0 Å². The summed E-state index contributed by atoms with van der Waals surface area (Å²) in [6.45, 7) is 3.25. The first-order chi connectivity index (χ1) is 9.41. The fraction of sp³-hybridized carbons (Fsp3) is 0.143. The number of hydrogen-bond donors (Lipinski definition) is 4. The maximum absolute atomic E-state index is 12.3. The van der Waals surface area contributed by atoms with E-state index in [-0.39, 0.29) is 11.6 Å². The monoisotopic (exact) mass is 273 g/mol. The van der Waals surface area contributed by atoms with Gasteiger partial charge in [0.15, 0.2) is 0 Å². The standard InChI is InChI=1S/C14H15N3O3/c1-7-11(8(2)16-12(7)14(19)20)13(18)17-10-6-4-3-5-9(10)15/h3-6,16H,15H2,1-2H3,(H,17,18)(H,19,20). The molecule has 2 aromatic rings. The van der Waals surface area contributed by atoms with Gasteiger partial charge in [0.05, 0.1) is 16.9 Å². The van der Waals surface area contributed by atoms with Gasteiger partial charge in [0.1, 0.15) is 5.69 Å². The fourth-order valence-corrected chi connectivity index (χ4v) is 2.10. The van der Waals surface area contributed by atoms with Gasteiger partial charge in [-0.3, -0.25) is 4.79 Å². The van der Waals surface area contributed by atoms with Crippen LogP contribution in [0.15, 0.2) is 24.3 Å². The molecule has 5 N–H and O–H groups in total. The van der Waals surface area contributed by atoms with Gasteiger partial charge in [-0.25, -0.2) is 4.79 Å². The summed E-state index contributed by atoms with van der Waals surface area (Å²) in [5.41, 5.74) is 7.96. The van der Waals surface area contributed by atoms with Crippen LogP contribution < -0.4 is 11.1 Å². The second kappa shape index (κ2) is 5.08. The normalized spacial score (nSPS) is 10.3. The molecule has 20 heavy (non-hydrogen) atoms. The van der Waals surface area contributed by atoms with Crippen LogP contribution in [0.5, 0.6) is 0 Å². The number of H-pyrrole nitrogens is 1. The summed E-state index contributed by atoms with van der Waals surface area (Å²) in [5.74, 6) is -1.48. The number of nitrogen functional groups attached to an aromatic ring is 1. The number of nitrogens with two attached hydrogens (primary N) is 1. The van der Waals surface area contributed by atoms with Gasteiger partial charge in [0, 0.05) is 5.69 Å². The van der Waals surface area contributed by atoms with Crippen LogP contribution in [0.1, 0.15) is 32.1 Å². The molecule has 1 aromatic heterocycles. The Bertz CT molecular complexity index is 689. The Balaban J connectivity index is 2.35. The van der Waals surface area contributed by atoms with Crippen LogP contribution in [0.3, 0.4) is 0 Å². The van der Waals surface area contributed by atoms with Gasteiger partial charge in [0.2, 0.25) is 0 Å². The number of carboxylic acid groups (broad SMARTS) is 1. The molecule has 0 fully saturated rings. The predicted octanol–water partition coefficient (Wildman–Crippen LogP) is 2.16. The Morgan fingerprint density at radius 2 is 1.90 bits per heavy atom. The first kappa shape index (κ1) is 13.7. The molecule has 0 aliphatic carbocycles. The number of rotatable bonds is 3. The van der Waals surface area contributed by atoms with Crippen LogP contribution >= 0.6 is 0 Å². The molecule has 2 rings (SSSR count). The van der Waals surface area contributed by atoms with Crippen molar-refractivity contribution in [3.63, 3.8) is 0 Å². The van der Waals surface area contributed by atoms with E-state index in [1.807, 2.05) is 0 Å². The van der Waals surface area contributed by atoms with Crippen molar-refractivity contribution in [2.45, 2.75) is 13.8 Å². The van der Waals surface area contributed by atoms with Crippen molar-refractivity contribution in [1.82, 2.24) is 4.98 Å². The Kier molecular flexibility index (Phi) is 3.47. The third-order valence-electron chi connectivity index (χ3n) is 3.09. The summed E-state index contributed by atoms with van der Waals surface area (Å²) in [6.07, 6.45) is 0. The van der Waals surface area contributed by atoms with E-state index in [1.54, 1.807) is 38.1 Å². The fourth-order valence-electron chi connectivity index (χ4n) is 2.10. The van der Waals surface area contributed by atoms with Crippen molar-refractivity contribution in [2.75, 3.05) is 11.1 Å². The maximum atomic E-state index is 12.3. The van der Waals surface area contributed by atoms with Gasteiger partial charge in [-0.2, -0.15) is 0 Å². The summed E-state index contributed by atoms with van der Waals surface area (Å²) in [4.78, 5) is 26.0. The van der Waals surface area contributed by atoms with Crippen LogP contribution in [0.4, 0.5) is 11.4 Å². The number of aromatic amines is 1. The lowest BCUT2D eigenvalue weighted by atomic mass is 10.1.